The van der Waals surface area contributed by atoms with Crippen molar-refractivity contribution in [1.29, 1.82) is 0 Å². The molecule has 0 saturated carbocycles. The van der Waals surface area contributed by atoms with Gasteiger partial charge in [-0.3, -0.25) is 0 Å². The second-order valence-corrected chi connectivity index (χ2v) is 1.63. The van der Waals surface area contributed by atoms with E-state index in [4.69, 9.17) is 9.68 Å². The Labute approximate surface area is 42.9 Å². The minimum atomic E-state index is 0.389. The Morgan fingerprint density at radius 2 is 1.57 bits per heavy atom. The molecule has 0 atom stereocenters. The van der Waals surface area contributed by atoms with Crippen molar-refractivity contribution in [3.05, 3.63) is 0 Å². The SMILES string of the molecule is CO[N+]1(OC)CC1. The second kappa shape index (κ2) is 1.43. The highest BCUT2D eigenvalue weighted by Gasteiger charge is 2.46. The summed E-state index contributed by atoms with van der Waals surface area (Å²) in [5.74, 6) is 0. The molecule has 1 heterocycles. The quantitative estimate of drug-likeness (QED) is 0.361. The first-order chi connectivity index (χ1) is 3.33. The largest absolute Gasteiger partial charge is 0.197 e. The molecule has 0 aromatic carbocycles. The van der Waals surface area contributed by atoms with E-state index < -0.39 is 0 Å². The molecule has 7 heavy (non-hydrogen) atoms. The van der Waals surface area contributed by atoms with Crippen LogP contribution in [0.3, 0.4) is 0 Å². The van der Waals surface area contributed by atoms with Gasteiger partial charge in [-0.15, -0.1) is 0 Å². The number of hydroxylamine groups is 4. The van der Waals surface area contributed by atoms with Gasteiger partial charge in [0.15, 0.2) is 13.1 Å². The number of nitrogens with zero attached hydrogens (tertiary/aromatic N) is 1. The third-order valence-corrected chi connectivity index (χ3v) is 1.25. The monoisotopic (exact) mass is 104 g/mol. The van der Waals surface area contributed by atoms with E-state index in [1.54, 1.807) is 14.2 Å². The molecular weight excluding hydrogens is 94.0 g/mol. The topological polar surface area (TPSA) is 18.5 Å². The molecule has 0 amide bonds. The van der Waals surface area contributed by atoms with Crippen LogP contribution in [0.1, 0.15) is 0 Å². The molecule has 3 heteroatoms. The summed E-state index contributed by atoms with van der Waals surface area (Å²) >= 11 is 0. The summed E-state index contributed by atoms with van der Waals surface area (Å²) < 4.78 is 0. The van der Waals surface area contributed by atoms with Crippen molar-refractivity contribution < 1.29 is 14.5 Å². The van der Waals surface area contributed by atoms with Gasteiger partial charge in [0, 0.05) is 0 Å². The van der Waals surface area contributed by atoms with E-state index in [2.05, 4.69) is 0 Å². The van der Waals surface area contributed by atoms with Crippen LogP contribution >= 0.6 is 0 Å². The zero-order valence-corrected chi connectivity index (χ0v) is 4.68. The van der Waals surface area contributed by atoms with Crippen LogP contribution < -0.4 is 0 Å². The van der Waals surface area contributed by atoms with Crippen molar-refractivity contribution in [1.82, 2.24) is 0 Å². The highest BCUT2D eigenvalue weighted by Crippen LogP contribution is 2.19. The molecule has 42 valence electrons. The molecule has 0 unspecified atom stereocenters. The van der Waals surface area contributed by atoms with Gasteiger partial charge in [-0.2, -0.15) is 9.68 Å². The van der Waals surface area contributed by atoms with Gasteiger partial charge in [-0.1, -0.05) is 0 Å². The maximum atomic E-state index is 4.91. The van der Waals surface area contributed by atoms with Crippen LogP contribution in [0.25, 0.3) is 0 Å². The van der Waals surface area contributed by atoms with Gasteiger partial charge in [0.2, 0.25) is 0 Å². The summed E-state index contributed by atoms with van der Waals surface area (Å²) in [5, 5.41) is 0. The van der Waals surface area contributed by atoms with Crippen molar-refractivity contribution >= 4 is 0 Å². The molecule has 0 aliphatic carbocycles. The van der Waals surface area contributed by atoms with Crippen molar-refractivity contribution in [2.45, 2.75) is 0 Å². The standard InChI is InChI=1S/C4H10NO2/c1-6-5(7-2)3-4-5/h3-4H2,1-2H3/q+1. The van der Waals surface area contributed by atoms with E-state index >= 15 is 0 Å². The summed E-state index contributed by atoms with van der Waals surface area (Å²) in [6.07, 6.45) is 0. The minimum Gasteiger partial charge on any atom is -0.171 e. The Kier molecular flexibility index (Phi) is 1.03. The summed E-state index contributed by atoms with van der Waals surface area (Å²) in [6.45, 7) is 1.99. The van der Waals surface area contributed by atoms with Gasteiger partial charge >= 0.3 is 0 Å². The molecule has 0 bridgehead atoms. The molecule has 0 radical (unpaired) electrons. The molecule has 1 fully saturated rings. The van der Waals surface area contributed by atoms with Crippen LogP contribution in [0, 0.1) is 0 Å². The Hall–Kier alpha value is -0.120. The Morgan fingerprint density at radius 1 is 1.14 bits per heavy atom. The van der Waals surface area contributed by atoms with Crippen LogP contribution in [0.2, 0.25) is 0 Å². The average Bonchev–Trinajstić information content (AvgIpc) is 2.46. The highest BCUT2D eigenvalue weighted by atomic mass is 17.0. The maximum absolute atomic E-state index is 4.91. The van der Waals surface area contributed by atoms with Crippen molar-refractivity contribution in [3.63, 3.8) is 0 Å². The van der Waals surface area contributed by atoms with E-state index in [0.717, 1.165) is 13.1 Å². The number of hydrogen-bond acceptors (Lipinski definition) is 2. The lowest BCUT2D eigenvalue weighted by Gasteiger charge is -2.05. The van der Waals surface area contributed by atoms with E-state index in [1.807, 2.05) is 0 Å². The Morgan fingerprint density at radius 3 is 1.57 bits per heavy atom. The Bertz CT molecular complexity index is 64.1. The van der Waals surface area contributed by atoms with Crippen LogP contribution in [-0.4, -0.2) is 32.1 Å². The lowest BCUT2D eigenvalue weighted by molar-refractivity contribution is -1.15. The first kappa shape index (κ1) is 5.03. The van der Waals surface area contributed by atoms with Gasteiger partial charge < -0.3 is 0 Å². The maximum Gasteiger partial charge on any atom is 0.197 e. The lowest BCUT2D eigenvalue weighted by Crippen LogP contribution is -2.21. The second-order valence-electron chi connectivity index (χ2n) is 1.63. The van der Waals surface area contributed by atoms with E-state index in [0.29, 0.717) is 4.81 Å². The van der Waals surface area contributed by atoms with Gasteiger partial charge in [0.05, 0.1) is 14.2 Å². The van der Waals surface area contributed by atoms with E-state index in [-0.39, 0.29) is 0 Å². The third kappa shape index (κ3) is 0.748. The predicted molar refractivity (Wildman–Crippen MR) is 24.0 cm³/mol. The van der Waals surface area contributed by atoms with Gasteiger partial charge in [-0.05, 0) is 4.81 Å². The fraction of sp³-hybridized carbons (Fsp3) is 1.00. The zero-order chi connectivity index (χ0) is 5.33. The van der Waals surface area contributed by atoms with Crippen LogP contribution in [-0.2, 0) is 9.68 Å². The van der Waals surface area contributed by atoms with Crippen LogP contribution in [0.5, 0.6) is 0 Å². The molecule has 1 saturated heterocycles. The molecule has 1 aliphatic rings. The smallest absolute Gasteiger partial charge is 0.171 e. The summed E-state index contributed by atoms with van der Waals surface area (Å²) in [5.41, 5.74) is 0. The number of quaternary nitrogens is 1. The van der Waals surface area contributed by atoms with Crippen molar-refractivity contribution in [3.8, 4) is 0 Å². The van der Waals surface area contributed by atoms with Crippen LogP contribution in [0.15, 0.2) is 0 Å². The normalized spacial score (nSPS) is 24.9. The summed E-state index contributed by atoms with van der Waals surface area (Å²) in [7, 11) is 3.30. The fourth-order valence-corrected chi connectivity index (χ4v) is 0.521. The van der Waals surface area contributed by atoms with Crippen molar-refractivity contribution in [2.24, 2.45) is 0 Å². The van der Waals surface area contributed by atoms with Gasteiger partial charge in [0.1, 0.15) is 0 Å². The van der Waals surface area contributed by atoms with Crippen LogP contribution in [0.4, 0.5) is 0 Å². The summed E-state index contributed by atoms with van der Waals surface area (Å²) in [6, 6.07) is 0. The molecule has 0 spiro atoms. The number of hydrogen-bond donors (Lipinski definition) is 0. The molecule has 0 N–H and O–H groups in total. The first-order valence-corrected chi connectivity index (χ1v) is 2.31. The molecule has 0 aromatic heterocycles. The lowest BCUT2D eigenvalue weighted by atomic mass is 11.0. The van der Waals surface area contributed by atoms with E-state index in [1.165, 1.54) is 0 Å². The van der Waals surface area contributed by atoms with Crippen molar-refractivity contribution in [2.75, 3.05) is 27.3 Å². The van der Waals surface area contributed by atoms with Gasteiger partial charge in [-0.25, -0.2) is 0 Å². The third-order valence-electron chi connectivity index (χ3n) is 1.25. The minimum absolute atomic E-state index is 0.389. The van der Waals surface area contributed by atoms with Gasteiger partial charge in [0.25, 0.3) is 0 Å². The fourth-order valence-electron chi connectivity index (χ4n) is 0.521. The molecule has 1 rings (SSSR count). The summed E-state index contributed by atoms with van der Waals surface area (Å²) in [4.78, 5) is 10.2. The van der Waals surface area contributed by atoms with E-state index in [9.17, 15) is 0 Å². The average molecular weight is 104 g/mol. The highest BCUT2D eigenvalue weighted by molar-refractivity contribution is 4.35. The first-order valence-electron chi connectivity index (χ1n) is 2.31. The molecule has 1 aliphatic heterocycles. The molecular formula is C4H10NO2+. The number of rotatable bonds is 2. The Balaban J connectivity index is 2.28. The molecule has 3 nitrogen and oxygen atoms in total. The molecule has 0 aromatic rings. The predicted octanol–water partition coefficient (Wildman–Crippen LogP) is -0.0604. The zero-order valence-electron chi connectivity index (χ0n) is 4.68.